The number of carboxylic acids is 1. The van der Waals surface area contributed by atoms with Gasteiger partial charge >= 0.3 is 5.97 Å². The first-order valence-electron chi connectivity index (χ1n) is 5.37. The molecule has 0 bridgehead atoms. The van der Waals surface area contributed by atoms with Crippen molar-refractivity contribution in [3.8, 4) is 11.1 Å². The van der Waals surface area contributed by atoms with E-state index in [2.05, 4.69) is 15.2 Å². The molecule has 0 saturated heterocycles. The molecule has 5 nitrogen and oxygen atoms in total. The minimum atomic E-state index is -0.965. The van der Waals surface area contributed by atoms with Gasteiger partial charge in [-0.1, -0.05) is 12.1 Å². The Balaban J connectivity index is 2.33. The Labute approximate surface area is 102 Å². The van der Waals surface area contributed by atoms with E-state index in [1.165, 1.54) is 12.3 Å². The molecule has 0 saturated carbocycles. The zero-order chi connectivity index (χ0) is 12.5. The second-order valence-electron chi connectivity index (χ2n) is 3.86. The molecule has 2 aromatic heterocycles. The van der Waals surface area contributed by atoms with E-state index in [4.69, 9.17) is 0 Å². The summed E-state index contributed by atoms with van der Waals surface area (Å²) < 4.78 is 0. The van der Waals surface area contributed by atoms with E-state index in [-0.39, 0.29) is 5.56 Å². The Morgan fingerprint density at radius 3 is 2.89 bits per heavy atom. The molecule has 88 valence electrons. The number of fused-ring (bicyclic) bond motifs is 1. The van der Waals surface area contributed by atoms with Crippen molar-refractivity contribution in [2.24, 2.45) is 0 Å². The van der Waals surface area contributed by atoms with Gasteiger partial charge < -0.3 is 5.11 Å². The van der Waals surface area contributed by atoms with Gasteiger partial charge in [0.1, 0.15) is 0 Å². The van der Waals surface area contributed by atoms with Crippen molar-refractivity contribution in [2.75, 3.05) is 0 Å². The number of hydrogen-bond acceptors (Lipinski definition) is 3. The van der Waals surface area contributed by atoms with Gasteiger partial charge in [0.05, 0.1) is 17.3 Å². The molecule has 0 atom stereocenters. The quantitative estimate of drug-likeness (QED) is 0.719. The Morgan fingerprint density at radius 2 is 2.06 bits per heavy atom. The number of aromatic amines is 1. The normalized spacial score (nSPS) is 10.7. The van der Waals surface area contributed by atoms with E-state index < -0.39 is 5.97 Å². The van der Waals surface area contributed by atoms with Crippen molar-refractivity contribution in [3.05, 3.63) is 48.4 Å². The molecule has 5 heteroatoms. The Kier molecular flexibility index (Phi) is 2.30. The largest absolute Gasteiger partial charge is 0.478 e. The molecule has 0 aliphatic carbocycles. The van der Waals surface area contributed by atoms with Crippen molar-refractivity contribution >= 4 is 16.9 Å². The van der Waals surface area contributed by atoms with Crippen molar-refractivity contribution in [1.82, 2.24) is 15.2 Å². The van der Waals surface area contributed by atoms with Gasteiger partial charge in [0.2, 0.25) is 0 Å². The maximum atomic E-state index is 11.2. The highest BCUT2D eigenvalue weighted by Crippen LogP contribution is 2.29. The second-order valence-corrected chi connectivity index (χ2v) is 3.86. The predicted molar refractivity (Wildman–Crippen MR) is 66.3 cm³/mol. The molecule has 0 fully saturated rings. The van der Waals surface area contributed by atoms with Gasteiger partial charge in [-0.05, 0) is 17.7 Å². The summed E-state index contributed by atoms with van der Waals surface area (Å²) in [6.45, 7) is 0. The molecular formula is C13H9N3O2. The molecular weight excluding hydrogens is 230 g/mol. The van der Waals surface area contributed by atoms with E-state index in [1.807, 2.05) is 18.2 Å². The first-order valence-corrected chi connectivity index (χ1v) is 5.37. The molecule has 0 amide bonds. The van der Waals surface area contributed by atoms with Crippen LogP contribution in [0.25, 0.3) is 22.0 Å². The van der Waals surface area contributed by atoms with Crippen LogP contribution in [-0.2, 0) is 0 Å². The predicted octanol–water partition coefficient (Wildman–Crippen LogP) is 2.32. The first-order chi connectivity index (χ1) is 8.77. The van der Waals surface area contributed by atoms with E-state index in [1.54, 1.807) is 12.4 Å². The molecule has 2 heterocycles. The van der Waals surface area contributed by atoms with E-state index >= 15 is 0 Å². The lowest BCUT2D eigenvalue weighted by Crippen LogP contribution is -2.00. The molecule has 0 aliphatic rings. The summed E-state index contributed by atoms with van der Waals surface area (Å²) in [4.78, 5) is 15.2. The highest BCUT2D eigenvalue weighted by Gasteiger charge is 2.13. The standard InChI is InChI=1S/C13H9N3O2/c17-13(18)9-4-5-14-6-10(9)8-2-1-3-12-11(8)7-15-16-12/h1-7H,(H,15,16)(H,17,18). The number of benzene rings is 1. The maximum absolute atomic E-state index is 11.2. The number of carboxylic acid groups (broad SMARTS) is 1. The lowest BCUT2D eigenvalue weighted by Gasteiger charge is -2.06. The summed E-state index contributed by atoms with van der Waals surface area (Å²) in [5.41, 5.74) is 2.51. The van der Waals surface area contributed by atoms with Crippen LogP contribution in [0.5, 0.6) is 0 Å². The molecule has 3 rings (SSSR count). The van der Waals surface area contributed by atoms with Gasteiger partial charge in [-0.15, -0.1) is 0 Å². The topological polar surface area (TPSA) is 78.9 Å². The zero-order valence-electron chi connectivity index (χ0n) is 9.29. The summed E-state index contributed by atoms with van der Waals surface area (Å²) in [5, 5.41) is 16.9. The van der Waals surface area contributed by atoms with E-state index in [0.29, 0.717) is 5.56 Å². The minimum Gasteiger partial charge on any atom is -0.478 e. The average molecular weight is 239 g/mol. The molecule has 2 N–H and O–H groups in total. The van der Waals surface area contributed by atoms with Crippen LogP contribution in [0.2, 0.25) is 0 Å². The van der Waals surface area contributed by atoms with Crippen molar-refractivity contribution in [3.63, 3.8) is 0 Å². The minimum absolute atomic E-state index is 0.235. The van der Waals surface area contributed by atoms with Gasteiger partial charge in [-0.2, -0.15) is 5.10 Å². The summed E-state index contributed by atoms with van der Waals surface area (Å²) in [6.07, 6.45) is 4.72. The molecule has 0 radical (unpaired) electrons. The number of aromatic nitrogens is 3. The fourth-order valence-corrected chi connectivity index (χ4v) is 2.00. The van der Waals surface area contributed by atoms with Crippen LogP contribution in [0, 0.1) is 0 Å². The Morgan fingerprint density at radius 1 is 1.17 bits per heavy atom. The van der Waals surface area contributed by atoms with Crippen LogP contribution in [0.1, 0.15) is 10.4 Å². The van der Waals surface area contributed by atoms with Crippen molar-refractivity contribution < 1.29 is 9.90 Å². The highest BCUT2D eigenvalue weighted by molar-refractivity contribution is 6.02. The van der Waals surface area contributed by atoms with Gasteiger partial charge in [0.15, 0.2) is 0 Å². The fourth-order valence-electron chi connectivity index (χ4n) is 2.00. The molecule has 18 heavy (non-hydrogen) atoms. The van der Waals surface area contributed by atoms with Crippen LogP contribution in [0.15, 0.2) is 42.9 Å². The number of nitrogens with one attached hydrogen (secondary N) is 1. The van der Waals surface area contributed by atoms with Crippen LogP contribution < -0.4 is 0 Å². The third-order valence-corrected chi connectivity index (χ3v) is 2.83. The maximum Gasteiger partial charge on any atom is 0.336 e. The van der Waals surface area contributed by atoms with Crippen LogP contribution >= 0.6 is 0 Å². The van der Waals surface area contributed by atoms with Crippen LogP contribution in [0.4, 0.5) is 0 Å². The van der Waals surface area contributed by atoms with E-state index in [9.17, 15) is 9.90 Å². The average Bonchev–Trinajstić information content (AvgIpc) is 2.86. The molecule has 0 aliphatic heterocycles. The van der Waals surface area contributed by atoms with E-state index in [0.717, 1.165) is 16.5 Å². The number of hydrogen-bond donors (Lipinski definition) is 2. The third kappa shape index (κ3) is 1.53. The van der Waals surface area contributed by atoms with Crippen LogP contribution in [0.3, 0.4) is 0 Å². The lowest BCUT2D eigenvalue weighted by atomic mass is 9.99. The number of nitrogens with zero attached hydrogens (tertiary/aromatic N) is 2. The lowest BCUT2D eigenvalue weighted by molar-refractivity contribution is 0.0697. The Hall–Kier alpha value is -2.69. The molecule has 3 aromatic rings. The first kappa shape index (κ1) is 10.5. The zero-order valence-corrected chi connectivity index (χ0v) is 9.29. The smallest absolute Gasteiger partial charge is 0.336 e. The van der Waals surface area contributed by atoms with Crippen molar-refractivity contribution in [2.45, 2.75) is 0 Å². The van der Waals surface area contributed by atoms with Crippen LogP contribution in [-0.4, -0.2) is 26.3 Å². The highest BCUT2D eigenvalue weighted by atomic mass is 16.4. The summed E-state index contributed by atoms with van der Waals surface area (Å²) in [6, 6.07) is 7.11. The summed E-state index contributed by atoms with van der Waals surface area (Å²) in [7, 11) is 0. The van der Waals surface area contributed by atoms with Crippen molar-refractivity contribution in [1.29, 1.82) is 0 Å². The third-order valence-electron chi connectivity index (χ3n) is 2.83. The second kappa shape index (κ2) is 3.96. The number of carbonyl (C=O) groups is 1. The summed E-state index contributed by atoms with van der Waals surface area (Å²) >= 11 is 0. The Bertz CT molecular complexity index is 734. The molecule has 0 spiro atoms. The summed E-state index contributed by atoms with van der Waals surface area (Å²) in [5.74, 6) is -0.965. The SMILES string of the molecule is O=C(O)c1ccncc1-c1cccc2[nH]ncc12. The van der Waals surface area contributed by atoms with Gasteiger partial charge in [0.25, 0.3) is 0 Å². The fraction of sp³-hybridized carbons (Fsp3) is 0. The van der Waals surface area contributed by atoms with Gasteiger partial charge in [-0.3, -0.25) is 10.1 Å². The van der Waals surface area contributed by atoms with Gasteiger partial charge in [-0.25, -0.2) is 4.79 Å². The molecule has 0 unspecified atom stereocenters. The number of aromatic carboxylic acids is 1. The number of H-pyrrole nitrogens is 1. The van der Waals surface area contributed by atoms with Gasteiger partial charge in [0, 0.05) is 23.3 Å². The monoisotopic (exact) mass is 239 g/mol. The number of pyridine rings is 1. The molecule has 1 aromatic carbocycles. The number of rotatable bonds is 2.